The number of ether oxygens (including phenoxy) is 2. The number of methoxy groups -OCH3 is 1. The number of carbonyl (C=O) groups excluding carboxylic acids is 1. The summed E-state index contributed by atoms with van der Waals surface area (Å²) in [5.41, 5.74) is 0.536. The van der Waals surface area contributed by atoms with Gasteiger partial charge in [0.1, 0.15) is 5.75 Å². The van der Waals surface area contributed by atoms with Crippen LogP contribution in [0.25, 0.3) is 0 Å². The molecule has 0 heterocycles. The fraction of sp³-hybridized carbons (Fsp3) is 0.500. The maximum absolute atomic E-state index is 12.2. The average Bonchev–Trinajstić information content (AvgIpc) is 2.74. The average molecular weight is 412 g/mol. The lowest BCUT2D eigenvalue weighted by Crippen LogP contribution is -2.64. The number of hydrogen-bond donors (Lipinski definition) is 2. The van der Waals surface area contributed by atoms with Crippen molar-refractivity contribution < 1.29 is 29.3 Å². The van der Waals surface area contributed by atoms with E-state index >= 15 is 0 Å². The zero-order valence-electron chi connectivity index (χ0n) is 17.3. The van der Waals surface area contributed by atoms with Gasteiger partial charge in [-0.2, -0.15) is 0 Å². The molecule has 5 atom stereocenters. The minimum Gasteiger partial charge on any atom is -0.485 e. The Labute approximate surface area is 176 Å². The van der Waals surface area contributed by atoms with Crippen LogP contribution >= 0.6 is 0 Å². The number of aliphatic hydroxyl groups is 1. The van der Waals surface area contributed by atoms with E-state index < -0.39 is 17.7 Å². The first-order chi connectivity index (χ1) is 14.4. The van der Waals surface area contributed by atoms with Crippen LogP contribution in [0.2, 0.25) is 0 Å². The number of aliphatic carboxylic acids is 1. The molecule has 0 amide bonds. The van der Waals surface area contributed by atoms with E-state index in [1.807, 2.05) is 31.2 Å². The Balaban J connectivity index is 1.70. The number of carboxylic acid groups (broad SMARTS) is 1. The molecule has 0 saturated heterocycles. The number of carbonyl (C=O) groups is 2. The van der Waals surface area contributed by atoms with Gasteiger partial charge in [0.25, 0.3) is 0 Å². The van der Waals surface area contributed by atoms with Crippen LogP contribution in [-0.2, 0) is 14.3 Å². The normalized spacial score (nSPS) is 31.1. The lowest BCUT2D eigenvalue weighted by molar-refractivity contribution is -0.162. The van der Waals surface area contributed by atoms with Gasteiger partial charge in [-0.1, -0.05) is 37.1 Å². The van der Waals surface area contributed by atoms with Crippen LogP contribution in [0.3, 0.4) is 0 Å². The van der Waals surface area contributed by atoms with Crippen LogP contribution < -0.4 is 4.74 Å². The van der Waals surface area contributed by atoms with Gasteiger partial charge in [-0.25, -0.2) is 0 Å². The van der Waals surface area contributed by atoms with Gasteiger partial charge >= 0.3 is 5.97 Å². The van der Waals surface area contributed by atoms with Gasteiger partial charge in [-0.15, -0.1) is 0 Å². The molecule has 6 nitrogen and oxygen atoms in total. The molecule has 2 fully saturated rings. The highest BCUT2D eigenvalue weighted by molar-refractivity contribution is 5.96. The molecule has 2 aliphatic rings. The minimum absolute atomic E-state index is 0.0438. The predicted octanol–water partition coefficient (Wildman–Crippen LogP) is 2.85. The van der Waals surface area contributed by atoms with E-state index in [2.05, 4.69) is 11.8 Å². The van der Waals surface area contributed by atoms with Crippen molar-refractivity contribution in [2.75, 3.05) is 13.7 Å². The van der Waals surface area contributed by atoms with E-state index in [0.717, 1.165) is 5.57 Å². The van der Waals surface area contributed by atoms with Crippen LogP contribution in [0.4, 0.5) is 0 Å². The third-order valence-electron chi connectivity index (χ3n) is 6.25. The number of rotatable bonds is 7. The van der Waals surface area contributed by atoms with Gasteiger partial charge in [0, 0.05) is 19.4 Å². The van der Waals surface area contributed by atoms with E-state index in [9.17, 15) is 14.7 Å². The second-order valence-electron chi connectivity index (χ2n) is 7.93. The zero-order valence-corrected chi connectivity index (χ0v) is 17.3. The minimum atomic E-state index is -0.833. The van der Waals surface area contributed by atoms with Crippen LogP contribution in [0.5, 0.6) is 5.75 Å². The standard InChI is InChI=1S/C24H28O6/c1-16-20(9-6-10-22(27)28)24(29-2)14-13-21(26)19(23(16)24)12-11-17(25)15-30-18-7-4-3-5-8-18/h3-5,7-9,16,19,21,23,26H,6,10,13-15H2,1-2H3,(H,27,28). The highest BCUT2D eigenvalue weighted by Crippen LogP contribution is 2.60. The summed E-state index contributed by atoms with van der Waals surface area (Å²) < 4.78 is 11.3. The Morgan fingerprint density at radius 1 is 1.30 bits per heavy atom. The molecule has 0 bridgehead atoms. The van der Waals surface area contributed by atoms with Crippen molar-refractivity contribution in [3.8, 4) is 17.6 Å². The summed E-state index contributed by atoms with van der Waals surface area (Å²) >= 11 is 0. The SMILES string of the molecule is COC12CCC(O)C(C#CC(=O)COc3ccccc3)C1C(C)C2=CCCC(=O)O. The highest BCUT2D eigenvalue weighted by Gasteiger charge is 2.62. The molecule has 2 N–H and O–H groups in total. The molecule has 6 heteroatoms. The molecule has 0 aromatic heterocycles. The Morgan fingerprint density at radius 2 is 2.03 bits per heavy atom. The summed E-state index contributed by atoms with van der Waals surface area (Å²) in [6, 6.07) is 9.06. The second-order valence-corrected chi connectivity index (χ2v) is 7.93. The summed E-state index contributed by atoms with van der Waals surface area (Å²) in [6.07, 6.45) is 3.02. The summed E-state index contributed by atoms with van der Waals surface area (Å²) in [4.78, 5) is 23.0. The van der Waals surface area contributed by atoms with Crippen LogP contribution in [0, 0.1) is 29.6 Å². The summed E-state index contributed by atoms with van der Waals surface area (Å²) in [6.45, 7) is 1.90. The third-order valence-corrected chi connectivity index (χ3v) is 6.25. The van der Waals surface area contributed by atoms with E-state index in [4.69, 9.17) is 14.6 Å². The maximum Gasteiger partial charge on any atom is 0.303 e. The fourth-order valence-electron chi connectivity index (χ4n) is 4.89. The summed E-state index contributed by atoms with van der Waals surface area (Å²) in [7, 11) is 1.64. The van der Waals surface area contributed by atoms with Crippen LogP contribution in [0.1, 0.15) is 32.6 Å². The number of hydrogen-bond acceptors (Lipinski definition) is 5. The zero-order chi connectivity index (χ0) is 21.7. The fourth-order valence-corrected chi connectivity index (χ4v) is 4.89. The highest BCUT2D eigenvalue weighted by atomic mass is 16.5. The van der Waals surface area contributed by atoms with Gasteiger partial charge in [0.05, 0.1) is 17.6 Å². The van der Waals surface area contributed by atoms with Crippen LogP contribution in [0.15, 0.2) is 42.0 Å². The molecule has 1 aromatic rings. The topological polar surface area (TPSA) is 93.1 Å². The van der Waals surface area contributed by atoms with Gasteiger partial charge in [0.2, 0.25) is 5.78 Å². The van der Waals surface area contributed by atoms with Crippen molar-refractivity contribution in [3.05, 3.63) is 42.0 Å². The lowest BCUT2D eigenvalue weighted by Gasteiger charge is -2.61. The molecule has 0 aliphatic heterocycles. The molecule has 160 valence electrons. The van der Waals surface area contributed by atoms with E-state index in [-0.39, 0.29) is 36.6 Å². The second kappa shape index (κ2) is 9.46. The molecule has 30 heavy (non-hydrogen) atoms. The number of carboxylic acids is 1. The van der Waals surface area contributed by atoms with E-state index in [1.54, 1.807) is 19.2 Å². The van der Waals surface area contributed by atoms with Gasteiger partial charge in [0.15, 0.2) is 6.61 Å². The summed E-state index contributed by atoms with van der Waals surface area (Å²) in [5.74, 6) is 4.74. The Kier molecular flexibility index (Phi) is 6.96. The van der Waals surface area contributed by atoms with Gasteiger partial charge in [-0.3, -0.25) is 9.59 Å². The van der Waals surface area contributed by atoms with Crippen LogP contribution in [-0.4, -0.2) is 47.4 Å². The van der Waals surface area contributed by atoms with Crippen molar-refractivity contribution in [3.63, 3.8) is 0 Å². The maximum atomic E-state index is 12.2. The van der Waals surface area contributed by atoms with E-state index in [0.29, 0.717) is 25.0 Å². The molecule has 5 unspecified atom stereocenters. The van der Waals surface area contributed by atoms with E-state index in [1.165, 1.54) is 0 Å². The van der Waals surface area contributed by atoms with Gasteiger partial charge < -0.3 is 19.7 Å². The molecular weight excluding hydrogens is 384 g/mol. The molecular formula is C24H28O6. The molecule has 0 spiro atoms. The number of ketones is 1. The molecule has 2 saturated carbocycles. The number of aliphatic hydroxyl groups excluding tert-OH is 1. The molecule has 0 radical (unpaired) electrons. The first kappa shape index (κ1) is 22.1. The first-order valence-electron chi connectivity index (χ1n) is 10.3. The smallest absolute Gasteiger partial charge is 0.303 e. The van der Waals surface area contributed by atoms with Crippen molar-refractivity contribution in [1.82, 2.24) is 0 Å². The van der Waals surface area contributed by atoms with Crippen molar-refractivity contribution in [1.29, 1.82) is 0 Å². The Morgan fingerprint density at radius 3 is 2.70 bits per heavy atom. The number of benzene rings is 1. The number of allylic oxidation sites excluding steroid dienone is 1. The predicted molar refractivity (Wildman–Crippen MR) is 111 cm³/mol. The number of para-hydroxylation sites is 1. The number of fused-ring (bicyclic) bond motifs is 1. The van der Waals surface area contributed by atoms with Crippen molar-refractivity contribution >= 4 is 11.8 Å². The molecule has 3 rings (SSSR count). The number of Topliss-reactive ketones (excluding diaryl/α,β-unsaturated/α-hetero) is 1. The quantitative estimate of drug-likeness (QED) is 0.406. The summed E-state index contributed by atoms with van der Waals surface area (Å²) in [5, 5.41) is 19.5. The first-order valence-corrected chi connectivity index (χ1v) is 10.3. The molecule has 1 aromatic carbocycles. The Bertz CT molecular complexity index is 865. The third kappa shape index (κ3) is 4.43. The van der Waals surface area contributed by atoms with Gasteiger partial charge in [-0.05, 0) is 48.8 Å². The monoisotopic (exact) mass is 412 g/mol. The largest absolute Gasteiger partial charge is 0.485 e. The lowest BCUT2D eigenvalue weighted by atomic mass is 9.48. The van der Waals surface area contributed by atoms with Crippen molar-refractivity contribution in [2.24, 2.45) is 17.8 Å². The molecule has 2 aliphatic carbocycles. The Hall–Kier alpha value is -2.62. The van der Waals surface area contributed by atoms with Crippen molar-refractivity contribution in [2.45, 2.75) is 44.3 Å².